The van der Waals surface area contributed by atoms with Crippen LogP contribution >= 0.6 is 0 Å². The molecule has 2 heterocycles. The number of nitrogens with one attached hydrogen (secondary N) is 2. The summed E-state index contributed by atoms with van der Waals surface area (Å²) in [6, 6.07) is 6.31. The fraction of sp³-hybridized carbons (Fsp3) is 0.312. The lowest BCUT2D eigenvalue weighted by Crippen LogP contribution is -2.37. The van der Waals surface area contributed by atoms with Gasteiger partial charge in [-0.05, 0) is 36.6 Å². The molecule has 0 atom stereocenters. The van der Waals surface area contributed by atoms with Crippen LogP contribution in [0.25, 0.3) is 5.57 Å². The minimum Gasteiger partial charge on any atom is -0.333 e. The molecule has 0 unspecified atom stereocenters. The third-order valence-electron chi connectivity index (χ3n) is 3.71. The van der Waals surface area contributed by atoms with Crippen molar-refractivity contribution in [1.29, 1.82) is 5.26 Å². The molecule has 0 radical (unpaired) electrons. The molecule has 1 saturated carbocycles. The van der Waals surface area contributed by atoms with Gasteiger partial charge in [-0.1, -0.05) is 12.8 Å². The van der Waals surface area contributed by atoms with Gasteiger partial charge in [-0.2, -0.15) is 5.26 Å². The molecule has 1 aromatic rings. The Morgan fingerprint density at radius 3 is 2.76 bits per heavy atom. The largest absolute Gasteiger partial charge is 0.333 e. The monoisotopic (exact) mass is 279 g/mol. The van der Waals surface area contributed by atoms with Crippen LogP contribution in [0.4, 0.5) is 0 Å². The van der Waals surface area contributed by atoms with Crippen LogP contribution in [-0.2, 0) is 0 Å². The molecule has 106 valence electrons. The number of aliphatic imine (C=N–C) groups is 1. The molecule has 2 N–H and O–H groups in total. The zero-order valence-electron chi connectivity index (χ0n) is 11.7. The Labute approximate surface area is 124 Å². The number of aromatic nitrogens is 1. The number of nitriles is 1. The van der Waals surface area contributed by atoms with Crippen molar-refractivity contribution in [3.8, 4) is 6.07 Å². The molecule has 0 amide bonds. The van der Waals surface area contributed by atoms with E-state index in [1.54, 1.807) is 12.4 Å². The van der Waals surface area contributed by atoms with Crippen LogP contribution in [0.1, 0.15) is 31.2 Å². The minimum atomic E-state index is 0.388. The summed E-state index contributed by atoms with van der Waals surface area (Å²) in [5.41, 5.74) is 2.20. The highest BCUT2D eigenvalue weighted by Gasteiger charge is 2.17. The van der Waals surface area contributed by atoms with E-state index in [4.69, 9.17) is 0 Å². The van der Waals surface area contributed by atoms with Crippen molar-refractivity contribution in [2.24, 2.45) is 4.99 Å². The molecule has 0 saturated heterocycles. The summed E-state index contributed by atoms with van der Waals surface area (Å²) < 4.78 is 0. The number of pyridine rings is 1. The van der Waals surface area contributed by atoms with Gasteiger partial charge in [-0.3, -0.25) is 4.98 Å². The maximum absolute atomic E-state index is 9.44. The van der Waals surface area contributed by atoms with Gasteiger partial charge in [0.25, 0.3) is 0 Å². The van der Waals surface area contributed by atoms with E-state index in [-0.39, 0.29) is 0 Å². The highest BCUT2D eigenvalue weighted by atomic mass is 15.2. The van der Waals surface area contributed by atoms with Crippen molar-refractivity contribution < 1.29 is 0 Å². The number of hydrogen-bond donors (Lipinski definition) is 2. The van der Waals surface area contributed by atoms with Gasteiger partial charge >= 0.3 is 0 Å². The molecule has 1 aliphatic carbocycles. The Bertz CT molecular complexity index is 630. The van der Waals surface area contributed by atoms with E-state index in [1.165, 1.54) is 12.8 Å². The van der Waals surface area contributed by atoms with E-state index >= 15 is 0 Å². The first-order valence-electron chi connectivity index (χ1n) is 7.19. The molecular weight excluding hydrogens is 262 g/mol. The van der Waals surface area contributed by atoms with E-state index in [2.05, 4.69) is 26.7 Å². The first kappa shape index (κ1) is 13.4. The molecule has 1 aliphatic heterocycles. The van der Waals surface area contributed by atoms with E-state index in [1.807, 2.05) is 24.4 Å². The van der Waals surface area contributed by atoms with Crippen LogP contribution in [0.2, 0.25) is 0 Å². The van der Waals surface area contributed by atoms with E-state index in [9.17, 15) is 5.26 Å². The van der Waals surface area contributed by atoms with Crippen LogP contribution in [0.5, 0.6) is 0 Å². The second kappa shape index (κ2) is 6.23. The first-order chi connectivity index (χ1) is 10.4. The Kier molecular flexibility index (Phi) is 3.97. The molecular formula is C16H17N5. The Morgan fingerprint density at radius 2 is 2.05 bits per heavy atom. The molecule has 0 bridgehead atoms. The summed E-state index contributed by atoms with van der Waals surface area (Å²) in [6.45, 7) is 0. The zero-order valence-corrected chi connectivity index (χ0v) is 11.7. The first-order valence-corrected chi connectivity index (χ1v) is 7.19. The predicted molar refractivity (Wildman–Crippen MR) is 81.9 cm³/mol. The van der Waals surface area contributed by atoms with Crippen LogP contribution < -0.4 is 10.6 Å². The zero-order chi connectivity index (χ0) is 14.5. The van der Waals surface area contributed by atoms with E-state index in [0.29, 0.717) is 11.6 Å². The normalized spacial score (nSPS) is 22.5. The average Bonchev–Trinajstić information content (AvgIpc) is 3.02. The van der Waals surface area contributed by atoms with Gasteiger partial charge in [-0.15, -0.1) is 0 Å². The summed E-state index contributed by atoms with van der Waals surface area (Å²) in [7, 11) is 0. The molecule has 3 rings (SSSR count). The highest BCUT2D eigenvalue weighted by molar-refractivity contribution is 5.90. The second-order valence-electron chi connectivity index (χ2n) is 5.16. The molecule has 2 aliphatic rings. The maximum Gasteiger partial charge on any atom is 0.200 e. The number of hydrogen-bond acceptors (Lipinski definition) is 3. The third-order valence-corrected chi connectivity index (χ3v) is 3.71. The van der Waals surface area contributed by atoms with Crippen molar-refractivity contribution in [3.63, 3.8) is 0 Å². The summed E-state index contributed by atoms with van der Waals surface area (Å²) in [6.07, 6.45) is 11.8. The lowest BCUT2D eigenvalue weighted by Gasteiger charge is -2.18. The number of nitrogens with zero attached hydrogens (tertiary/aromatic N) is 3. The summed E-state index contributed by atoms with van der Waals surface area (Å²) in [4.78, 5) is 8.67. The Hall–Kier alpha value is -2.61. The van der Waals surface area contributed by atoms with Crippen LogP contribution in [0.3, 0.4) is 0 Å². The Balaban J connectivity index is 1.87. The number of allylic oxidation sites excluding steroid dienone is 2. The minimum absolute atomic E-state index is 0.388. The van der Waals surface area contributed by atoms with Gasteiger partial charge in [-0.25, -0.2) is 4.99 Å². The smallest absolute Gasteiger partial charge is 0.200 e. The average molecular weight is 279 g/mol. The molecule has 1 aromatic heterocycles. The molecule has 5 nitrogen and oxygen atoms in total. The van der Waals surface area contributed by atoms with Crippen molar-refractivity contribution in [2.75, 3.05) is 0 Å². The number of guanidine groups is 1. The second-order valence-corrected chi connectivity index (χ2v) is 5.16. The predicted octanol–water partition coefficient (Wildman–Crippen LogP) is 2.32. The summed E-state index contributed by atoms with van der Waals surface area (Å²) >= 11 is 0. The number of rotatable bonds is 2. The molecule has 5 heteroatoms. The van der Waals surface area contributed by atoms with Crippen molar-refractivity contribution in [2.45, 2.75) is 31.7 Å². The van der Waals surface area contributed by atoms with Gasteiger partial charge in [0, 0.05) is 18.6 Å². The van der Waals surface area contributed by atoms with Crippen LogP contribution in [0.15, 0.2) is 47.5 Å². The van der Waals surface area contributed by atoms with Gasteiger partial charge in [0.2, 0.25) is 0 Å². The van der Waals surface area contributed by atoms with Gasteiger partial charge < -0.3 is 10.6 Å². The lowest BCUT2D eigenvalue weighted by molar-refractivity contribution is 0.696. The van der Waals surface area contributed by atoms with Crippen LogP contribution in [-0.4, -0.2) is 17.0 Å². The van der Waals surface area contributed by atoms with Gasteiger partial charge in [0.05, 0.1) is 17.3 Å². The van der Waals surface area contributed by atoms with Crippen molar-refractivity contribution >= 4 is 11.5 Å². The molecule has 0 spiro atoms. The molecule has 0 aromatic carbocycles. The summed E-state index contributed by atoms with van der Waals surface area (Å²) in [5.74, 6) is 0.723. The Morgan fingerprint density at radius 1 is 1.29 bits per heavy atom. The van der Waals surface area contributed by atoms with E-state index in [0.717, 1.165) is 30.1 Å². The SMILES string of the molecule is N#C/C(=C1/C=CNC(=NC2CCCC2)N1)c1ccncc1. The summed E-state index contributed by atoms with van der Waals surface area (Å²) in [5, 5.41) is 15.8. The fourth-order valence-corrected chi connectivity index (χ4v) is 2.64. The van der Waals surface area contributed by atoms with E-state index < -0.39 is 0 Å². The molecule has 1 fully saturated rings. The molecule has 21 heavy (non-hydrogen) atoms. The quantitative estimate of drug-likeness (QED) is 0.815. The maximum atomic E-state index is 9.44. The van der Waals surface area contributed by atoms with Gasteiger partial charge in [0.1, 0.15) is 6.07 Å². The van der Waals surface area contributed by atoms with Gasteiger partial charge in [0.15, 0.2) is 5.96 Å². The highest BCUT2D eigenvalue weighted by Crippen LogP contribution is 2.22. The standard InChI is InChI=1S/C16H17N5/c17-11-14(12-5-8-18-9-6-12)15-7-10-19-16(21-15)20-13-3-1-2-4-13/h5-10,13H,1-4H2,(H2,19,20,21)/b15-14+. The van der Waals surface area contributed by atoms with Crippen LogP contribution in [0, 0.1) is 11.3 Å². The third kappa shape index (κ3) is 3.11. The van der Waals surface area contributed by atoms with Crippen molar-refractivity contribution in [1.82, 2.24) is 15.6 Å². The fourth-order valence-electron chi connectivity index (χ4n) is 2.64. The topological polar surface area (TPSA) is 73.1 Å². The lowest BCUT2D eigenvalue weighted by atomic mass is 10.1. The van der Waals surface area contributed by atoms with Crippen molar-refractivity contribution in [3.05, 3.63) is 48.1 Å².